The SMILES string of the molecule is CC[C@@H](CC(=O)OC)c1ccc(C(CC(C)C)CC(C)C)c(NC(=O)Nc2ccc(C)cc2)c1. The summed E-state index contributed by atoms with van der Waals surface area (Å²) in [5, 5.41) is 6.07. The minimum atomic E-state index is -0.267. The van der Waals surface area contributed by atoms with Crippen LogP contribution in [0.15, 0.2) is 42.5 Å². The number of amides is 2. The van der Waals surface area contributed by atoms with Gasteiger partial charge in [0.25, 0.3) is 0 Å². The molecule has 2 rings (SSSR count). The van der Waals surface area contributed by atoms with Crippen molar-refractivity contribution in [2.75, 3.05) is 17.7 Å². The second-order valence-electron chi connectivity index (χ2n) is 10.1. The van der Waals surface area contributed by atoms with E-state index in [9.17, 15) is 9.59 Å². The lowest BCUT2D eigenvalue weighted by molar-refractivity contribution is -0.141. The molecule has 186 valence electrons. The number of anilines is 2. The van der Waals surface area contributed by atoms with Gasteiger partial charge in [0.2, 0.25) is 0 Å². The molecule has 5 nitrogen and oxygen atoms in total. The molecule has 0 aliphatic heterocycles. The van der Waals surface area contributed by atoms with Gasteiger partial charge in [0.05, 0.1) is 13.5 Å². The summed E-state index contributed by atoms with van der Waals surface area (Å²) >= 11 is 0. The Morgan fingerprint density at radius 1 is 0.882 bits per heavy atom. The first-order valence-electron chi connectivity index (χ1n) is 12.5. The molecule has 0 fully saturated rings. The van der Waals surface area contributed by atoms with Crippen LogP contribution in [-0.4, -0.2) is 19.1 Å². The van der Waals surface area contributed by atoms with Crippen LogP contribution >= 0.6 is 0 Å². The Morgan fingerprint density at radius 3 is 2.03 bits per heavy atom. The highest BCUT2D eigenvalue weighted by Crippen LogP contribution is 2.37. The van der Waals surface area contributed by atoms with Gasteiger partial charge in [0.1, 0.15) is 0 Å². The molecule has 0 saturated carbocycles. The van der Waals surface area contributed by atoms with Crippen LogP contribution in [0.3, 0.4) is 0 Å². The Bertz CT molecular complexity index is 925. The second-order valence-corrected chi connectivity index (χ2v) is 10.1. The van der Waals surface area contributed by atoms with E-state index < -0.39 is 0 Å². The summed E-state index contributed by atoms with van der Waals surface area (Å²) in [6.45, 7) is 13.0. The van der Waals surface area contributed by atoms with E-state index in [1.54, 1.807) is 0 Å². The van der Waals surface area contributed by atoms with Crippen molar-refractivity contribution >= 4 is 23.4 Å². The zero-order chi connectivity index (χ0) is 25.3. The fourth-order valence-corrected chi connectivity index (χ4v) is 4.48. The van der Waals surface area contributed by atoms with Crippen molar-refractivity contribution in [3.05, 3.63) is 59.2 Å². The first-order valence-corrected chi connectivity index (χ1v) is 12.5. The third-order valence-electron chi connectivity index (χ3n) is 6.19. The van der Waals surface area contributed by atoms with Crippen molar-refractivity contribution in [1.82, 2.24) is 0 Å². The van der Waals surface area contributed by atoms with Crippen molar-refractivity contribution in [2.45, 2.75) is 79.1 Å². The third-order valence-corrected chi connectivity index (χ3v) is 6.19. The summed E-state index contributed by atoms with van der Waals surface area (Å²) < 4.78 is 4.90. The zero-order valence-electron chi connectivity index (χ0n) is 21.9. The summed E-state index contributed by atoms with van der Waals surface area (Å²) in [5.41, 5.74) is 4.89. The maximum Gasteiger partial charge on any atom is 0.323 e. The standard InChI is InChI=1S/C29H42N2O3/c1-8-22(18-28(32)34-7)23-11-14-26(24(15-19(2)3)16-20(4)5)27(17-23)31-29(33)30-25-12-9-21(6)10-13-25/h9-14,17,19-20,22,24H,8,15-16,18H2,1-7H3,(H2,30,31,33)/t22-/m0/s1. The smallest absolute Gasteiger partial charge is 0.323 e. The summed E-state index contributed by atoms with van der Waals surface area (Å²) in [6.07, 6.45) is 3.23. The van der Waals surface area contributed by atoms with E-state index in [1.807, 2.05) is 31.2 Å². The number of carbonyl (C=O) groups excluding carboxylic acids is 2. The van der Waals surface area contributed by atoms with E-state index in [2.05, 4.69) is 63.5 Å². The van der Waals surface area contributed by atoms with Gasteiger partial charge in [-0.05, 0) is 79.2 Å². The monoisotopic (exact) mass is 466 g/mol. The molecule has 0 aliphatic rings. The normalized spacial score (nSPS) is 12.2. The largest absolute Gasteiger partial charge is 0.469 e. The molecule has 2 aromatic rings. The quantitative estimate of drug-likeness (QED) is 0.331. The Morgan fingerprint density at radius 2 is 1.50 bits per heavy atom. The van der Waals surface area contributed by atoms with E-state index in [-0.39, 0.29) is 17.9 Å². The van der Waals surface area contributed by atoms with Crippen molar-refractivity contribution in [3.8, 4) is 0 Å². The van der Waals surface area contributed by atoms with Crippen LogP contribution in [0.2, 0.25) is 0 Å². The number of aryl methyl sites for hydroxylation is 1. The molecule has 0 heterocycles. The average Bonchev–Trinajstić information content (AvgIpc) is 2.77. The fraction of sp³-hybridized carbons (Fsp3) is 0.517. The number of methoxy groups -OCH3 is 1. The maximum atomic E-state index is 13.0. The number of carbonyl (C=O) groups is 2. The number of ether oxygens (including phenoxy) is 1. The summed E-state index contributed by atoms with van der Waals surface area (Å²) in [6, 6.07) is 13.8. The van der Waals surface area contributed by atoms with Crippen LogP contribution < -0.4 is 10.6 Å². The molecule has 0 bridgehead atoms. The summed E-state index contributed by atoms with van der Waals surface area (Å²) in [7, 11) is 1.42. The average molecular weight is 467 g/mol. The lowest BCUT2D eigenvalue weighted by atomic mass is 9.82. The van der Waals surface area contributed by atoms with E-state index in [0.717, 1.165) is 47.3 Å². The molecule has 1 atom stereocenters. The molecule has 0 spiro atoms. The molecule has 34 heavy (non-hydrogen) atoms. The Balaban J connectivity index is 2.41. The zero-order valence-corrected chi connectivity index (χ0v) is 21.9. The molecule has 2 amide bonds. The molecule has 5 heteroatoms. The first kappa shape index (κ1) is 27.4. The highest BCUT2D eigenvalue weighted by atomic mass is 16.5. The highest BCUT2D eigenvalue weighted by Gasteiger charge is 2.22. The summed E-state index contributed by atoms with van der Waals surface area (Å²) in [5.74, 6) is 1.24. The van der Waals surface area contributed by atoms with E-state index in [1.165, 1.54) is 7.11 Å². The van der Waals surface area contributed by atoms with Gasteiger partial charge in [-0.3, -0.25) is 4.79 Å². The van der Waals surface area contributed by atoms with E-state index in [0.29, 0.717) is 24.2 Å². The maximum absolute atomic E-state index is 13.0. The number of rotatable bonds is 11. The van der Waals surface area contributed by atoms with Crippen molar-refractivity contribution < 1.29 is 14.3 Å². The molecular formula is C29H42N2O3. The lowest BCUT2D eigenvalue weighted by Gasteiger charge is -2.26. The molecule has 2 N–H and O–H groups in total. The number of nitrogens with one attached hydrogen (secondary N) is 2. The molecule has 0 aromatic heterocycles. The first-order chi connectivity index (χ1) is 16.1. The molecule has 2 aromatic carbocycles. The van der Waals surface area contributed by atoms with E-state index in [4.69, 9.17) is 4.74 Å². The number of hydrogen-bond acceptors (Lipinski definition) is 3. The third kappa shape index (κ3) is 8.51. The molecular weight excluding hydrogens is 424 g/mol. The lowest BCUT2D eigenvalue weighted by Crippen LogP contribution is -2.21. The van der Waals surface area contributed by atoms with Gasteiger partial charge >= 0.3 is 12.0 Å². The van der Waals surface area contributed by atoms with Gasteiger partial charge in [0, 0.05) is 11.4 Å². The minimum Gasteiger partial charge on any atom is -0.469 e. The van der Waals surface area contributed by atoms with Crippen LogP contribution in [-0.2, 0) is 9.53 Å². The van der Waals surface area contributed by atoms with Gasteiger partial charge in [-0.1, -0.05) is 64.4 Å². The molecule has 0 radical (unpaired) electrons. The predicted molar refractivity (Wildman–Crippen MR) is 142 cm³/mol. The number of hydrogen-bond donors (Lipinski definition) is 2. The fourth-order valence-electron chi connectivity index (χ4n) is 4.48. The van der Waals surface area contributed by atoms with Gasteiger partial charge in [-0.2, -0.15) is 0 Å². The van der Waals surface area contributed by atoms with Gasteiger partial charge < -0.3 is 15.4 Å². The van der Waals surface area contributed by atoms with Crippen LogP contribution in [0.5, 0.6) is 0 Å². The second kappa shape index (κ2) is 13.2. The van der Waals surface area contributed by atoms with E-state index >= 15 is 0 Å². The molecule has 0 aliphatic carbocycles. The van der Waals surface area contributed by atoms with Crippen LogP contribution in [0.1, 0.15) is 88.8 Å². The molecule has 0 saturated heterocycles. The number of esters is 1. The topological polar surface area (TPSA) is 67.4 Å². The highest BCUT2D eigenvalue weighted by molar-refractivity contribution is 6.00. The Hall–Kier alpha value is -2.82. The molecule has 0 unspecified atom stereocenters. The van der Waals surface area contributed by atoms with Crippen LogP contribution in [0.4, 0.5) is 16.2 Å². The number of urea groups is 1. The van der Waals surface area contributed by atoms with Crippen molar-refractivity contribution in [1.29, 1.82) is 0 Å². The van der Waals surface area contributed by atoms with Gasteiger partial charge in [-0.15, -0.1) is 0 Å². The Kier molecular flexibility index (Phi) is 10.6. The van der Waals surface area contributed by atoms with Gasteiger partial charge in [0.15, 0.2) is 0 Å². The van der Waals surface area contributed by atoms with Crippen LogP contribution in [0.25, 0.3) is 0 Å². The predicted octanol–water partition coefficient (Wildman–Crippen LogP) is 7.87. The summed E-state index contributed by atoms with van der Waals surface area (Å²) in [4.78, 5) is 24.9. The Labute approximate surface area is 205 Å². The van der Waals surface area contributed by atoms with Crippen molar-refractivity contribution in [2.24, 2.45) is 11.8 Å². The number of benzene rings is 2. The minimum absolute atomic E-state index is 0.0378. The van der Waals surface area contributed by atoms with Crippen molar-refractivity contribution in [3.63, 3.8) is 0 Å². The van der Waals surface area contributed by atoms with Crippen LogP contribution in [0, 0.1) is 18.8 Å². The van der Waals surface area contributed by atoms with Gasteiger partial charge in [-0.25, -0.2) is 4.79 Å².